The minimum atomic E-state index is -0.382. The second kappa shape index (κ2) is 19.8. The zero-order chi connectivity index (χ0) is 48.4. The van der Waals surface area contributed by atoms with Crippen molar-refractivity contribution in [1.29, 1.82) is 0 Å². The molecule has 3 fully saturated rings. The van der Waals surface area contributed by atoms with Crippen molar-refractivity contribution in [3.63, 3.8) is 0 Å². The van der Waals surface area contributed by atoms with Crippen molar-refractivity contribution in [1.82, 2.24) is 35.0 Å². The normalized spacial score (nSPS) is 20.2. The van der Waals surface area contributed by atoms with Crippen LogP contribution < -0.4 is 30.7 Å². The smallest absolute Gasteiger partial charge is 0.406 e. The van der Waals surface area contributed by atoms with Crippen LogP contribution in [0.3, 0.4) is 0 Å². The lowest BCUT2D eigenvalue weighted by atomic mass is 9.80. The molecule has 18 nitrogen and oxygen atoms in total. The van der Waals surface area contributed by atoms with E-state index in [9.17, 15) is 4.79 Å². The zero-order valence-corrected chi connectivity index (χ0v) is 40.7. The van der Waals surface area contributed by atoms with Crippen LogP contribution in [0.5, 0.6) is 0 Å². The van der Waals surface area contributed by atoms with E-state index < -0.39 is 0 Å². The number of fused-ring (bicyclic) bond motifs is 4. The number of aliphatic imine (C=N–C) groups is 1. The number of aryl methyl sites for hydroxylation is 2. The Bertz CT molecular complexity index is 2860. The summed E-state index contributed by atoms with van der Waals surface area (Å²) in [6.45, 7) is 27.1. The summed E-state index contributed by atoms with van der Waals surface area (Å²) in [4.78, 5) is 52.3. The second-order valence-corrected chi connectivity index (χ2v) is 20.2. The van der Waals surface area contributed by atoms with Gasteiger partial charge >= 0.3 is 6.09 Å². The highest BCUT2D eigenvalue weighted by atomic mass is 16.5. The number of hydrogen-bond donors (Lipinski definition) is 2. The molecule has 1 atom stereocenters. The van der Waals surface area contributed by atoms with Crippen LogP contribution in [0, 0.1) is 24.0 Å². The van der Waals surface area contributed by atoms with Gasteiger partial charge < -0.3 is 40.1 Å². The largest absolute Gasteiger partial charge is 0.453 e. The molecule has 70 heavy (non-hydrogen) atoms. The molecule has 5 aromatic rings. The number of methoxy groups -OCH3 is 1. The summed E-state index contributed by atoms with van der Waals surface area (Å²) in [6.07, 6.45) is 14.3. The van der Waals surface area contributed by atoms with Crippen molar-refractivity contribution in [3.05, 3.63) is 94.1 Å². The third kappa shape index (κ3) is 9.42. The maximum absolute atomic E-state index is 11.4. The number of amidine groups is 1. The van der Waals surface area contributed by atoms with E-state index in [4.69, 9.17) is 58.4 Å². The highest BCUT2D eigenvalue weighted by Crippen LogP contribution is 2.41. The van der Waals surface area contributed by atoms with Gasteiger partial charge in [0.25, 0.3) is 0 Å². The Hall–Kier alpha value is -6.89. The third-order valence-corrected chi connectivity index (χ3v) is 15.3. The Balaban J connectivity index is 0.000000162. The molecule has 9 heterocycles. The van der Waals surface area contributed by atoms with E-state index in [1.807, 2.05) is 53.5 Å². The molecule has 6 aliphatic heterocycles. The molecule has 0 spiro atoms. The third-order valence-electron chi connectivity index (χ3n) is 15.3. The monoisotopic (exact) mass is 946 g/mol. The fourth-order valence-electron chi connectivity index (χ4n) is 10.7. The average molecular weight is 946 g/mol. The van der Waals surface area contributed by atoms with E-state index in [0.29, 0.717) is 24.5 Å². The first-order valence-electron chi connectivity index (χ1n) is 24.9. The number of anilines is 5. The number of nitrogens with one attached hydrogen (secondary N) is 1. The van der Waals surface area contributed by atoms with E-state index in [1.165, 1.54) is 18.2 Å². The number of rotatable bonds is 7. The Labute approximate surface area is 409 Å². The molecule has 3 N–H and O–H groups in total. The van der Waals surface area contributed by atoms with Crippen LogP contribution in [0.2, 0.25) is 0 Å². The number of benzene rings is 2. The summed E-state index contributed by atoms with van der Waals surface area (Å²) in [7, 11) is 1.39. The quantitative estimate of drug-likeness (QED) is 0.149. The van der Waals surface area contributed by atoms with Gasteiger partial charge in [-0.2, -0.15) is 0 Å². The van der Waals surface area contributed by atoms with Crippen molar-refractivity contribution in [2.24, 2.45) is 21.6 Å². The zero-order valence-electron chi connectivity index (χ0n) is 40.7. The molecule has 6 aliphatic rings. The van der Waals surface area contributed by atoms with Gasteiger partial charge in [-0.1, -0.05) is 38.1 Å². The van der Waals surface area contributed by atoms with Crippen molar-refractivity contribution in [3.8, 4) is 0 Å². The van der Waals surface area contributed by atoms with Gasteiger partial charge in [0, 0.05) is 63.8 Å². The van der Waals surface area contributed by atoms with Gasteiger partial charge in [0.15, 0.2) is 40.4 Å². The lowest BCUT2D eigenvalue weighted by Crippen LogP contribution is -2.45. The molecular weight excluding hydrogens is 883 g/mol. The second-order valence-electron chi connectivity index (χ2n) is 20.2. The number of piperidine rings is 2. The van der Waals surface area contributed by atoms with Crippen LogP contribution in [0.1, 0.15) is 100 Å². The van der Waals surface area contributed by atoms with Gasteiger partial charge in [-0.05, 0) is 111 Å². The molecule has 1 amide bonds. The number of carbonyl (C=O) groups excluding carboxylic acids is 1. The molecule has 0 aliphatic carbocycles. The lowest BCUT2D eigenvalue weighted by molar-refractivity contribution is -0.0368. The molecule has 18 heteroatoms. The molecule has 0 bridgehead atoms. The number of hydrogen-bond acceptors (Lipinski definition) is 14. The number of nitrogens with zero attached hydrogens (tertiary/aromatic N) is 13. The number of aromatic nitrogens is 6. The standard InChI is InChI=1S/C27H34N8O.C25H29N7O2/c1-27(18-28)10-13-33(14-11-27)22-17-30-24-25(31-22)35(23-7-3-4-15-36-23)32-26(24)34-12-5-6-19-16-20(29-2)8-9-21(19)34;1-25(16-29-24(33)34-3)8-11-31(12-9-25)21-15-27-22-19(30-21)14-28-23(22)32-10-4-5-17-13-18(26-2)6-7-20(17)32/h8-9,16-17,23H,3-7,10-15,18,28H2,1H3;6-7,13,15H,4-5,8-12,14,16H2,1,3H3,(H,29,33). The fourth-order valence-corrected chi connectivity index (χ4v) is 10.7. The Morgan fingerprint density at radius 1 is 0.829 bits per heavy atom. The maximum Gasteiger partial charge on any atom is 0.406 e. The summed E-state index contributed by atoms with van der Waals surface area (Å²) < 4.78 is 12.8. The Morgan fingerprint density at radius 3 is 2.09 bits per heavy atom. The van der Waals surface area contributed by atoms with Crippen molar-refractivity contribution in [2.45, 2.75) is 97.2 Å². The first-order chi connectivity index (χ1) is 34.1. The number of alkyl carbamates (subject to hydrolysis) is 1. The number of carbonyl (C=O) groups is 1. The van der Waals surface area contributed by atoms with Crippen LogP contribution in [-0.4, -0.2) is 108 Å². The Kier molecular flexibility index (Phi) is 13.3. The minimum absolute atomic E-state index is 0.0416. The van der Waals surface area contributed by atoms with Crippen LogP contribution in [0.25, 0.3) is 20.9 Å². The van der Waals surface area contributed by atoms with Crippen LogP contribution in [-0.2, 0) is 28.9 Å². The average Bonchev–Trinajstić information content (AvgIpc) is 4.02. The van der Waals surface area contributed by atoms with Crippen molar-refractivity contribution < 1.29 is 14.3 Å². The highest BCUT2D eigenvalue weighted by Gasteiger charge is 2.35. The van der Waals surface area contributed by atoms with E-state index in [2.05, 4.69) is 48.5 Å². The summed E-state index contributed by atoms with van der Waals surface area (Å²) in [5.41, 5.74) is 15.6. The first kappa shape index (κ1) is 46.8. The molecule has 3 aromatic heterocycles. The van der Waals surface area contributed by atoms with Gasteiger partial charge in [0.05, 0.1) is 44.9 Å². The molecule has 1 unspecified atom stereocenters. The SMILES string of the molecule is [C-]#[N+]c1ccc2c(c1)CCCN2C1=NCc2nc(N3CCC(C)(CNC(=O)OC)CC3)cnc21.[C-]#[N+]c1ccc2c(c1)CCCN2c1nn(C2CCCCO2)c2nc(N3CCC(C)(CN)CC3)cnc12. The molecule has 0 radical (unpaired) electrons. The highest BCUT2D eigenvalue weighted by molar-refractivity contribution is 6.11. The van der Waals surface area contributed by atoms with Crippen molar-refractivity contribution in [2.75, 3.05) is 85.7 Å². The van der Waals surface area contributed by atoms with E-state index >= 15 is 0 Å². The summed E-state index contributed by atoms with van der Waals surface area (Å²) >= 11 is 0. The minimum Gasteiger partial charge on any atom is -0.453 e. The van der Waals surface area contributed by atoms with Gasteiger partial charge in [-0.3, -0.25) is 4.99 Å². The van der Waals surface area contributed by atoms with Crippen molar-refractivity contribution >= 4 is 63.3 Å². The number of amides is 1. The van der Waals surface area contributed by atoms with Gasteiger partial charge in [0.1, 0.15) is 17.3 Å². The Morgan fingerprint density at radius 2 is 1.46 bits per heavy atom. The maximum atomic E-state index is 11.4. The summed E-state index contributed by atoms with van der Waals surface area (Å²) in [5, 5.41) is 7.94. The van der Waals surface area contributed by atoms with Gasteiger partial charge in [0.2, 0.25) is 0 Å². The number of nitrogens with two attached hydrogens (primary N) is 1. The predicted octanol–water partition coefficient (Wildman–Crippen LogP) is 8.43. The van der Waals surface area contributed by atoms with Crippen LogP contribution in [0.4, 0.5) is 45.0 Å². The first-order valence-corrected chi connectivity index (χ1v) is 24.9. The molecule has 0 saturated carbocycles. The molecule has 3 saturated heterocycles. The van der Waals surface area contributed by atoms with Crippen LogP contribution in [0.15, 0.2) is 53.8 Å². The number of ether oxygens (including phenoxy) is 2. The lowest BCUT2D eigenvalue weighted by Gasteiger charge is -2.39. The molecule has 364 valence electrons. The van der Waals surface area contributed by atoms with Gasteiger partial charge in [-0.25, -0.2) is 39.1 Å². The fraction of sp³-hybridized carbons (Fsp3) is 0.519. The predicted molar refractivity (Wildman–Crippen MR) is 271 cm³/mol. The van der Waals surface area contributed by atoms with E-state index in [1.54, 1.807) is 0 Å². The van der Waals surface area contributed by atoms with E-state index in [-0.39, 0.29) is 23.2 Å². The summed E-state index contributed by atoms with van der Waals surface area (Å²) in [6, 6.07) is 11.8. The van der Waals surface area contributed by atoms with E-state index in [0.717, 1.165) is 180 Å². The topological polar surface area (TPSA) is 177 Å². The van der Waals surface area contributed by atoms with Gasteiger partial charge in [-0.15, -0.1) is 5.10 Å². The van der Waals surface area contributed by atoms with Crippen LogP contribution >= 0.6 is 0 Å². The summed E-state index contributed by atoms with van der Waals surface area (Å²) in [5.74, 6) is 3.49. The molecule has 2 aromatic carbocycles. The molecule has 11 rings (SSSR count). The molecular formula is C52H63N15O3.